The van der Waals surface area contributed by atoms with Gasteiger partial charge in [0.25, 0.3) is 0 Å². The molecular formula is C16H16ClNO. The van der Waals surface area contributed by atoms with E-state index in [2.05, 4.69) is 11.4 Å². The van der Waals surface area contributed by atoms with Crippen LogP contribution in [0.1, 0.15) is 16.7 Å². The summed E-state index contributed by atoms with van der Waals surface area (Å²) in [6, 6.07) is 13.3. The van der Waals surface area contributed by atoms with Crippen molar-refractivity contribution >= 4 is 23.2 Å². The maximum absolute atomic E-state index is 12.0. The fourth-order valence-electron chi connectivity index (χ4n) is 1.97. The SMILES string of the molecule is Cc1ccc(CC(=O)Nc2ccccc2Cl)c(C)c1. The Labute approximate surface area is 118 Å². The average molecular weight is 274 g/mol. The molecule has 0 saturated carbocycles. The molecule has 3 heteroatoms. The Morgan fingerprint density at radius 2 is 1.89 bits per heavy atom. The Bertz CT molecular complexity index is 607. The van der Waals surface area contributed by atoms with Crippen LogP contribution in [0.5, 0.6) is 0 Å². The summed E-state index contributed by atoms with van der Waals surface area (Å²) in [5.74, 6) is -0.0555. The molecule has 2 nitrogen and oxygen atoms in total. The summed E-state index contributed by atoms with van der Waals surface area (Å²) < 4.78 is 0. The number of carbonyl (C=O) groups is 1. The minimum atomic E-state index is -0.0555. The van der Waals surface area contributed by atoms with Gasteiger partial charge in [-0.05, 0) is 37.1 Å². The van der Waals surface area contributed by atoms with Crippen molar-refractivity contribution in [3.8, 4) is 0 Å². The van der Waals surface area contributed by atoms with Gasteiger partial charge in [-0.25, -0.2) is 0 Å². The van der Waals surface area contributed by atoms with E-state index >= 15 is 0 Å². The van der Waals surface area contributed by atoms with E-state index in [9.17, 15) is 4.79 Å². The molecule has 0 bridgehead atoms. The highest BCUT2D eigenvalue weighted by molar-refractivity contribution is 6.33. The Kier molecular flexibility index (Phi) is 4.23. The second kappa shape index (κ2) is 5.89. The van der Waals surface area contributed by atoms with E-state index in [1.807, 2.05) is 38.1 Å². The molecule has 0 spiro atoms. The smallest absolute Gasteiger partial charge is 0.228 e. The monoisotopic (exact) mass is 273 g/mol. The van der Waals surface area contributed by atoms with E-state index in [4.69, 9.17) is 11.6 Å². The van der Waals surface area contributed by atoms with E-state index in [1.165, 1.54) is 5.56 Å². The Morgan fingerprint density at radius 1 is 1.16 bits per heavy atom. The third-order valence-electron chi connectivity index (χ3n) is 3.00. The van der Waals surface area contributed by atoms with Gasteiger partial charge >= 0.3 is 0 Å². The van der Waals surface area contributed by atoms with Crippen LogP contribution in [-0.4, -0.2) is 5.91 Å². The highest BCUT2D eigenvalue weighted by Gasteiger charge is 2.08. The molecule has 0 heterocycles. The normalized spacial score (nSPS) is 10.3. The molecule has 0 atom stereocenters. The molecule has 1 amide bonds. The minimum Gasteiger partial charge on any atom is -0.324 e. The van der Waals surface area contributed by atoms with Crippen LogP contribution in [-0.2, 0) is 11.2 Å². The number of rotatable bonds is 3. The van der Waals surface area contributed by atoms with Gasteiger partial charge in [-0.15, -0.1) is 0 Å². The summed E-state index contributed by atoms with van der Waals surface area (Å²) >= 11 is 6.01. The van der Waals surface area contributed by atoms with Crippen molar-refractivity contribution < 1.29 is 4.79 Å². The highest BCUT2D eigenvalue weighted by Crippen LogP contribution is 2.21. The van der Waals surface area contributed by atoms with Crippen LogP contribution in [0.15, 0.2) is 42.5 Å². The average Bonchev–Trinajstić information content (AvgIpc) is 2.36. The topological polar surface area (TPSA) is 29.1 Å². The second-order valence-corrected chi connectivity index (χ2v) is 5.04. The summed E-state index contributed by atoms with van der Waals surface area (Å²) in [5.41, 5.74) is 4.02. The first-order valence-corrected chi connectivity index (χ1v) is 6.54. The van der Waals surface area contributed by atoms with Crippen LogP contribution in [0.2, 0.25) is 5.02 Å². The van der Waals surface area contributed by atoms with Gasteiger partial charge in [0.15, 0.2) is 0 Å². The molecule has 98 valence electrons. The first-order valence-electron chi connectivity index (χ1n) is 6.17. The molecule has 0 aliphatic rings. The summed E-state index contributed by atoms with van der Waals surface area (Å²) in [4.78, 5) is 12.0. The van der Waals surface area contributed by atoms with Gasteiger partial charge in [0.2, 0.25) is 5.91 Å². The maximum Gasteiger partial charge on any atom is 0.228 e. The molecule has 0 aliphatic heterocycles. The number of hydrogen-bond acceptors (Lipinski definition) is 1. The fraction of sp³-hybridized carbons (Fsp3) is 0.188. The minimum absolute atomic E-state index is 0.0555. The molecule has 0 saturated heterocycles. The van der Waals surface area contributed by atoms with Gasteiger partial charge in [-0.3, -0.25) is 4.79 Å². The quantitative estimate of drug-likeness (QED) is 0.895. The molecule has 1 N–H and O–H groups in total. The van der Waals surface area contributed by atoms with Gasteiger partial charge in [-0.2, -0.15) is 0 Å². The number of halogens is 1. The van der Waals surface area contributed by atoms with Crippen molar-refractivity contribution in [3.05, 3.63) is 64.2 Å². The number of hydrogen-bond donors (Lipinski definition) is 1. The lowest BCUT2D eigenvalue weighted by molar-refractivity contribution is -0.115. The second-order valence-electron chi connectivity index (χ2n) is 4.63. The van der Waals surface area contributed by atoms with Crippen LogP contribution in [0.25, 0.3) is 0 Å². The number of aryl methyl sites for hydroxylation is 2. The van der Waals surface area contributed by atoms with Crippen molar-refractivity contribution in [2.45, 2.75) is 20.3 Å². The first-order chi connectivity index (χ1) is 9.06. The van der Waals surface area contributed by atoms with Crippen LogP contribution in [0.4, 0.5) is 5.69 Å². The van der Waals surface area contributed by atoms with Crippen molar-refractivity contribution in [1.82, 2.24) is 0 Å². The van der Waals surface area contributed by atoms with Crippen LogP contribution in [0, 0.1) is 13.8 Å². The van der Waals surface area contributed by atoms with E-state index in [0.717, 1.165) is 11.1 Å². The predicted molar refractivity (Wildman–Crippen MR) is 79.7 cm³/mol. The molecule has 0 aromatic heterocycles. The van der Waals surface area contributed by atoms with Crippen molar-refractivity contribution in [1.29, 1.82) is 0 Å². The molecule has 0 unspecified atom stereocenters. The van der Waals surface area contributed by atoms with Gasteiger partial charge in [0, 0.05) is 0 Å². The van der Waals surface area contributed by atoms with Crippen molar-refractivity contribution in [2.24, 2.45) is 0 Å². The molecule has 0 fully saturated rings. The molecule has 2 aromatic rings. The zero-order valence-electron chi connectivity index (χ0n) is 11.0. The summed E-state index contributed by atoms with van der Waals surface area (Å²) in [5, 5.41) is 3.38. The standard InChI is InChI=1S/C16H16ClNO/c1-11-7-8-13(12(2)9-11)10-16(19)18-15-6-4-3-5-14(15)17/h3-9H,10H2,1-2H3,(H,18,19). The van der Waals surface area contributed by atoms with Gasteiger partial charge < -0.3 is 5.32 Å². The lowest BCUT2D eigenvalue weighted by atomic mass is 10.0. The number of benzene rings is 2. The maximum atomic E-state index is 12.0. The molecule has 2 aromatic carbocycles. The number of amides is 1. The van der Waals surface area contributed by atoms with Crippen molar-refractivity contribution in [3.63, 3.8) is 0 Å². The Balaban J connectivity index is 2.08. The number of para-hydroxylation sites is 1. The lowest BCUT2D eigenvalue weighted by Gasteiger charge is -2.09. The van der Waals surface area contributed by atoms with Gasteiger partial charge in [-0.1, -0.05) is 47.5 Å². The number of carbonyl (C=O) groups excluding carboxylic acids is 1. The highest BCUT2D eigenvalue weighted by atomic mass is 35.5. The Morgan fingerprint density at radius 3 is 2.58 bits per heavy atom. The largest absolute Gasteiger partial charge is 0.324 e. The zero-order chi connectivity index (χ0) is 13.8. The van der Waals surface area contributed by atoms with Crippen LogP contribution < -0.4 is 5.32 Å². The fourth-order valence-corrected chi connectivity index (χ4v) is 2.16. The zero-order valence-corrected chi connectivity index (χ0v) is 11.8. The summed E-state index contributed by atoms with van der Waals surface area (Å²) in [6.45, 7) is 4.06. The molecule has 0 radical (unpaired) electrons. The van der Waals surface area contributed by atoms with E-state index in [-0.39, 0.29) is 5.91 Å². The van der Waals surface area contributed by atoms with Crippen LogP contribution in [0.3, 0.4) is 0 Å². The summed E-state index contributed by atoms with van der Waals surface area (Å²) in [6.07, 6.45) is 0.358. The number of nitrogens with one attached hydrogen (secondary N) is 1. The van der Waals surface area contributed by atoms with Gasteiger partial charge in [0.05, 0.1) is 17.1 Å². The van der Waals surface area contributed by atoms with Crippen LogP contribution >= 0.6 is 11.6 Å². The van der Waals surface area contributed by atoms with E-state index in [0.29, 0.717) is 17.1 Å². The predicted octanol–water partition coefficient (Wildman–Crippen LogP) is 4.14. The molecule has 19 heavy (non-hydrogen) atoms. The number of anilines is 1. The Hall–Kier alpha value is -1.80. The third kappa shape index (κ3) is 3.58. The first kappa shape index (κ1) is 13.6. The molecule has 2 rings (SSSR count). The molecule has 0 aliphatic carbocycles. The molecular weight excluding hydrogens is 258 g/mol. The van der Waals surface area contributed by atoms with E-state index in [1.54, 1.807) is 12.1 Å². The van der Waals surface area contributed by atoms with E-state index < -0.39 is 0 Å². The van der Waals surface area contributed by atoms with Crippen molar-refractivity contribution in [2.75, 3.05) is 5.32 Å². The summed E-state index contributed by atoms with van der Waals surface area (Å²) in [7, 11) is 0. The van der Waals surface area contributed by atoms with Gasteiger partial charge in [0.1, 0.15) is 0 Å². The third-order valence-corrected chi connectivity index (χ3v) is 3.33. The lowest BCUT2D eigenvalue weighted by Crippen LogP contribution is -2.15.